The Bertz CT molecular complexity index is 791. The van der Waals surface area contributed by atoms with Gasteiger partial charge in [0.15, 0.2) is 5.82 Å². The van der Waals surface area contributed by atoms with E-state index in [2.05, 4.69) is 15.5 Å². The molecule has 0 fully saturated rings. The van der Waals surface area contributed by atoms with Gasteiger partial charge < -0.3 is 14.9 Å². The second-order valence-corrected chi connectivity index (χ2v) is 6.33. The van der Waals surface area contributed by atoms with Gasteiger partial charge in [-0.15, -0.1) is 11.3 Å². The highest BCUT2D eigenvalue weighted by atomic mass is 32.1. The summed E-state index contributed by atoms with van der Waals surface area (Å²) >= 11 is 1.49. The van der Waals surface area contributed by atoms with Gasteiger partial charge in [-0.25, -0.2) is 4.79 Å². The Morgan fingerprint density at radius 1 is 1.30 bits per heavy atom. The molecule has 23 heavy (non-hydrogen) atoms. The zero-order chi connectivity index (χ0) is 16.4. The number of carbonyl (C=O) groups is 2. The van der Waals surface area contributed by atoms with E-state index in [1.54, 1.807) is 6.92 Å². The fourth-order valence-electron chi connectivity index (χ4n) is 2.58. The quantitative estimate of drug-likeness (QED) is 0.833. The van der Waals surface area contributed by atoms with Crippen LogP contribution < -0.4 is 5.32 Å². The van der Waals surface area contributed by atoms with E-state index in [4.69, 9.17) is 9.63 Å². The number of hydrogen-bond acceptors (Lipinski definition) is 6. The van der Waals surface area contributed by atoms with E-state index in [1.807, 2.05) is 0 Å². The highest BCUT2D eigenvalue weighted by Crippen LogP contribution is 2.43. The van der Waals surface area contributed by atoms with Crippen molar-refractivity contribution in [1.29, 1.82) is 0 Å². The van der Waals surface area contributed by atoms with E-state index < -0.39 is 11.9 Å². The summed E-state index contributed by atoms with van der Waals surface area (Å²) in [7, 11) is 0. The fourth-order valence-corrected chi connectivity index (χ4v) is 3.86. The van der Waals surface area contributed by atoms with E-state index >= 15 is 0 Å². The van der Waals surface area contributed by atoms with Crippen LogP contribution in [0.1, 0.15) is 29.1 Å². The minimum Gasteiger partial charge on any atom is -0.478 e. The number of aryl methyl sites for hydroxylation is 2. The van der Waals surface area contributed by atoms with Gasteiger partial charge in [0.05, 0.1) is 5.56 Å². The first-order valence-corrected chi connectivity index (χ1v) is 8.03. The van der Waals surface area contributed by atoms with E-state index in [0.717, 1.165) is 49.0 Å². The summed E-state index contributed by atoms with van der Waals surface area (Å²) in [6.45, 7) is 1.74. The second-order valence-electron chi connectivity index (χ2n) is 5.22. The number of anilines is 1. The maximum absolute atomic E-state index is 11.9. The first-order valence-electron chi connectivity index (χ1n) is 7.22. The number of aliphatic carboxylic acids is 1. The molecule has 0 spiro atoms. The Morgan fingerprint density at radius 2 is 2.09 bits per heavy atom. The van der Waals surface area contributed by atoms with Gasteiger partial charge in [0.2, 0.25) is 5.91 Å². The van der Waals surface area contributed by atoms with Crippen LogP contribution in [0.25, 0.3) is 11.5 Å². The fraction of sp³-hybridized carbons (Fsp3) is 0.333. The molecule has 7 nitrogen and oxygen atoms in total. The number of aromatic nitrogens is 2. The molecule has 120 valence electrons. The lowest BCUT2D eigenvalue weighted by atomic mass is 9.95. The average Bonchev–Trinajstić information content (AvgIpc) is 3.08. The highest BCUT2D eigenvalue weighted by molar-refractivity contribution is 7.17. The number of carbonyl (C=O) groups excluding carboxylic acids is 1. The third-order valence-electron chi connectivity index (χ3n) is 3.53. The molecule has 0 aliphatic heterocycles. The van der Waals surface area contributed by atoms with Gasteiger partial charge in [-0.3, -0.25) is 4.79 Å². The van der Waals surface area contributed by atoms with Crippen molar-refractivity contribution in [2.24, 2.45) is 0 Å². The van der Waals surface area contributed by atoms with Crippen molar-refractivity contribution in [2.45, 2.75) is 32.6 Å². The number of carboxylic acids is 1. The summed E-state index contributed by atoms with van der Waals surface area (Å²) < 4.78 is 5.28. The summed E-state index contributed by atoms with van der Waals surface area (Å²) in [6.07, 6.45) is 5.85. The SMILES string of the molecule is Cc1noc(-c2c(NC(=O)C=CC(=O)O)sc3c2CCCC3)n1. The van der Waals surface area contributed by atoms with Crippen molar-refractivity contribution in [3.05, 3.63) is 28.4 Å². The Labute approximate surface area is 136 Å². The first kappa shape index (κ1) is 15.4. The van der Waals surface area contributed by atoms with Crippen LogP contribution in [0.2, 0.25) is 0 Å². The van der Waals surface area contributed by atoms with Crippen molar-refractivity contribution in [3.8, 4) is 11.5 Å². The van der Waals surface area contributed by atoms with Crippen molar-refractivity contribution in [2.75, 3.05) is 5.32 Å². The van der Waals surface area contributed by atoms with Gasteiger partial charge in [0.1, 0.15) is 5.00 Å². The normalized spacial score (nSPS) is 14.0. The number of carboxylic acid groups (broad SMARTS) is 1. The predicted octanol–water partition coefficient (Wildman–Crippen LogP) is 2.56. The van der Waals surface area contributed by atoms with Gasteiger partial charge in [-0.1, -0.05) is 5.16 Å². The Balaban J connectivity index is 1.97. The standard InChI is InChI=1S/C15H15N3O4S/c1-8-16-14(22-18-8)13-9-4-2-3-5-10(9)23-15(13)17-11(19)6-7-12(20)21/h6-7H,2-5H2,1H3,(H,17,19)(H,20,21). The molecule has 1 amide bonds. The van der Waals surface area contributed by atoms with E-state index in [-0.39, 0.29) is 0 Å². The lowest BCUT2D eigenvalue weighted by Gasteiger charge is -2.10. The molecule has 0 aromatic carbocycles. The molecular weight excluding hydrogens is 318 g/mol. The van der Waals surface area contributed by atoms with E-state index in [9.17, 15) is 9.59 Å². The summed E-state index contributed by atoms with van der Waals surface area (Å²) in [5.74, 6) is -0.750. The van der Waals surface area contributed by atoms with Crippen molar-refractivity contribution in [3.63, 3.8) is 0 Å². The lowest BCUT2D eigenvalue weighted by molar-refractivity contribution is -0.131. The van der Waals surface area contributed by atoms with Crippen molar-refractivity contribution in [1.82, 2.24) is 10.1 Å². The number of rotatable bonds is 4. The summed E-state index contributed by atoms with van der Waals surface area (Å²) in [5.41, 5.74) is 1.91. The molecule has 0 atom stereocenters. The molecule has 8 heteroatoms. The van der Waals surface area contributed by atoms with Crippen LogP contribution >= 0.6 is 11.3 Å². The van der Waals surface area contributed by atoms with Crippen LogP contribution in [0.15, 0.2) is 16.7 Å². The molecule has 0 saturated heterocycles. The molecular formula is C15H15N3O4S. The van der Waals surface area contributed by atoms with Crippen LogP contribution in [-0.2, 0) is 22.4 Å². The smallest absolute Gasteiger partial charge is 0.328 e. The number of nitrogens with one attached hydrogen (secondary N) is 1. The van der Waals surface area contributed by atoms with Crippen LogP contribution in [-0.4, -0.2) is 27.1 Å². The molecule has 2 N–H and O–H groups in total. The largest absolute Gasteiger partial charge is 0.478 e. The molecule has 2 aromatic heterocycles. The minimum absolute atomic E-state index is 0.388. The molecule has 0 unspecified atom stereocenters. The maximum atomic E-state index is 11.9. The topological polar surface area (TPSA) is 105 Å². The Kier molecular flexibility index (Phi) is 4.24. The maximum Gasteiger partial charge on any atom is 0.328 e. The highest BCUT2D eigenvalue weighted by Gasteiger charge is 2.26. The second kappa shape index (κ2) is 6.33. The van der Waals surface area contributed by atoms with Crippen LogP contribution in [0.3, 0.4) is 0 Å². The molecule has 2 heterocycles. The van der Waals surface area contributed by atoms with Gasteiger partial charge in [0, 0.05) is 17.0 Å². The first-order chi connectivity index (χ1) is 11.0. The van der Waals surface area contributed by atoms with Crippen molar-refractivity contribution < 1.29 is 19.2 Å². The average molecular weight is 333 g/mol. The molecule has 0 radical (unpaired) electrons. The molecule has 3 rings (SSSR count). The summed E-state index contributed by atoms with van der Waals surface area (Å²) in [6, 6.07) is 0. The van der Waals surface area contributed by atoms with Crippen LogP contribution in [0.4, 0.5) is 5.00 Å². The zero-order valence-corrected chi connectivity index (χ0v) is 13.3. The number of nitrogens with zero attached hydrogens (tertiary/aromatic N) is 2. The van der Waals surface area contributed by atoms with Gasteiger partial charge >= 0.3 is 5.97 Å². The monoisotopic (exact) mass is 333 g/mol. The number of amides is 1. The minimum atomic E-state index is -1.17. The van der Waals surface area contributed by atoms with Crippen molar-refractivity contribution >= 4 is 28.2 Å². The Morgan fingerprint density at radius 3 is 2.78 bits per heavy atom. The van der Waals surface area contributed by atoms with E-state index in [0.29, 0.717) is 16.7 Å². The number of hydrogen-bond donors (Lipinski definition) is 2. The third kappa shape index (κ3) is 3.31. The zero-order valence-electron chi connectivity index (χ0n) is 12.5. The van der Waals surface area contributed by atoms with E-state index in [1.165, 1.54) is 16.2 Å². The summed E-state index contributed by atoms with van der Waals surface area (Å²) in [4.78, 5) is 27.9. The molecule has 1 aliphatic rings. The van der Waals surface area contributed by atoms with Gasteiger partial charge in [0.25, 0.3) is 5.89 Å². The number of thiophene rings is 1. The Hall–Kier alpha value is -2.48. The van der Waals surface area contributed by atoms with Crippen LogP contribution in [0.5, 0.6) is 0 Å². The molecule has 1 aliphatic carbocycles. The number of fused-ring (bicyclic) bond motifs is 1. The lowest BCUT2D eigenvalue weighted by Crippen LogP contribution is -2.08. The van der Waals surface area contributed by atoms with Gasteiger partial charge in [-0.2, -0.15) is 4.98 Å². The van der Waals surface area contributed by atoms with Gasteiger partial charge in [-0.05, 0) is 38.2 Å². The molecule has 0 saturated carbocycles. The molecule has 2 aromatic rings. The summed E-state index contributed by atoms with van der Waals surface area (Å²) in [5, 5.41) is 15.8. The van der Waals surface area contributed by atoms with Crippen LogP contribution in [0, 0.1) is 6.92 Å². The third-order valence-corrected chi connectivity index (χ3v) is 4.73. The molecule has 0 bridgehead atoms. The predicted molar refractivity (Wildman–Crippen MR) is 84.4 cm³/mol.